The maximum Gasteiger partial charge on any atom is 0.142 e. The van der Waals surface area contributed by atoms with Gasteiger partial charge >= 0.3 is 0 Å². The van der Waals surface area contributed by atoms with Crippen molar-refractivity contribution in [1.82, 2.24) is 15.0 Å². The van der Waals surface area contributed by atoms with Gasteiger partial charge in [-0.25, -0.2) is 9.97 Å². The summed E-state index contributed by atoms with van der Waals surface area (Å²) >= 11 is 5.73. The Labute approximate surface area is 75.8 Å². The molecule has 0 bridgehead atoms. The molecule has 0 aliphatic heterocycles. The van der Waals surface area contributed by atoms with E-state index in [1.165, 1.54) is 6.33 Å². The molecule has 1 N–H and O–H groups in total. The van der Waals surface area contributed by atoms with Crippen LogP contribution in [0.4, 0.5) is 0 Å². The zero-order chi connectivity index (χ0) is 8.97. The minimum atomic E-state index is 0.492. The van der Waals surface area contributed by atoms with Gasteiger partial charge in [-0.1, -0.05) is 25.4 Å². The minimum Gasteiger partial charge on any atom is -0.346 e. The topological polar surface area (TPSA) is 41.6 Å². The average molecular weight is 184 g/mol. The molecule has 2 aromatic rings. The fraction of sp³-hybridized carbons (Fsp3) is 0.250. The van der Waals surface area contributed by atoms with Crippen LogP contribution in [0, 0.1) is 0 Å². The molecule has 12 heavy (non-hydrogen) atoms. The van der Waals surface area contributed by atoms with Crippen molar-refractivity contribution in [1.29, 1.82) is 0 Å². The van der Waals surface area contributed by atoms with Crippen molar-refractivity contribution < 1.29 is 0 Å². The van der Waals surface area contributed by atoms with Gasteiger partial charge in [-0.3, -0.25) is 0 Å². The Balaban J connectivity index is 0.000000336. The van der Waals surface area contributed by atoms with Gasteiger partial charge in [-0.2, -0.15) is 0 Å². The van der Waals surface area contributed by atoms with Crippen molar-refractivity contribution in [2.24, 2.45) is 0 Å². The van der Waals surface area contributed by atoms with Gasteiger partial charge in [0.15, 0.2) is 0 Å². The first-order valence-corrected chi connectivity index (χ1v) is 4.19. The molecule has 0 amide bonds. The molecule has 0 aliphatic carbocycles. The second-order valence-corrected chi connectivity index (χ2v) is 2.26. The summed E-state index contributed by atoms with van der Waals surface area (Å²) in [6.07, 6.45) is 3.21. The molecule has 0 radical (unpaired) electrons. The van der Waals surface area contributed by atoms with Crippen molar-refractivity contribution in [3.05, 3.63) is 23.7 Å². The van der Waals surface area contributed by atoms with Crippen LogP contribution in [0.5, 0.6) is 0 Å². The molecule has 0 spiro atoms. The highest BCUT2D eigenvalue weighted by Crippen LogP contribution is 2.16. The normalized spacial score (nSPS) is 9.25. The summed E-state index contributed by atoms with van der Waals surface area (Å²) in [7, 11) is 0. The number of fused-ring (bicyclic) bond motifs is 1. The van der Waals surface area contributed by atoms with E-state index in [4.69, 9.17) is 11.6 Å². The van der Waals surface area contributed by atoms with Crippen LogP contribution in [-0.4, -0.2) is 15.0 Å². The van der Waals surface area contributed by atoms with Crippen molar-refractivity contribution in [2.45, 2.75) is 13.8 Å². The zero-order valence-corrected chi connectivity index (χ0v) is 7.76. The molecule has 0 fully saturated rings. The molecule has 2 heterocycles. The lowest BCUT2D eigenvalue weighted by Gasteiger charge is -1.88. The number of nitrogens with zero attached hydrogens (tertiary/aromatic N) is 2. The second-order valence-electron chi connectivity index (χ2n) is 1.90. The number of aromatic amines is 1. The van der Waals surface area contributed by atoms with Crippen LogP contribution < -0.4 is 0 Å². The van der Waals surface area contributed by atoms with Gasteiger partial charge in [0.1, 0.15) is 17.1 Å². The molecule has 0 aliphatic rings. The number of H-pyrrole nitrogens is 1. The average Bonchev–Trinajstić information content (AvgIpc) is 2.57. The summed E-state index contributed by atoms with van der Waals surface area (Å²) in [5.41, 5.74) is 0.778. The first-order chi connectivity index (χ1) is 5.88. The third-order valence-electron chi connectivity index (χ3n) is 1.31. The first-order valence-electron chi connectivity index (χ1n) is 3.81. The van der Waals surface area contributed by atoms with Crippen molar-refractivity contribution in [3.63, 3.8) is 0 Å². The molecular formula is C8H10ClN3. The largest absolute Gasteiger partial charge is 0.346 e. The molecule has 3 nitrogen and oxygen atoms in total. The van der Waals surface area contributed by atoms with Crippen LogP contribution in [0.25, 0.3) is 11.0 Å². The number of rotatable bonds is 0. The fourth-order valence-electron chi connectivity index (χ4n) is 0.841. The predicted molar refractivity (Wildman–Crippen MR) is 50.2 cm³/mol. The lowest BCUT2D eigenvalue weighted by atomic mass is 10.4. The van der Waals surface area contributed by atoms with E-state index in [9.17, 15) is 0 Å². The summed E-state index contributed by atoms with van der Waals surface area (Å²) in [6, 6.07) is 1.84. The fourth-order valence-corrected chi connectivity index (χ4v) is 1.04. The molecule has 2 rings (SSSR count). The lowest BCUT2D eigenvalue weighted by Crippen LogP contribution is -1.79. The molecule has 0 unspecified atom stereocenters. The van der Waals surface area contributed by atoms with E-state index in [2.05, 4.69) is 15.0 Å². The number of halogens is 1. The highest BCUT2D eigenvalue weighted by Gasteiger charge is 1.98. The number of aromatic nitrogens is 3. The number of hydrogen-bond acceptors (Lipinski definition) is 2. The highest BCUT2D eigenvalue weighted by molar-refractivity contribution is 6.33. The predicted octanol–water partition coefficient (Wildman–Crippen LogP) is 2.64. The van der Waals surface area contributed by atoms with E-state index in [0.717, 1.165) is 11.0 Å². The molecule has 0 aromatic carbocycles. The number of nitrogens with one attached hydrogen (secondary N) is 1. The zero-order valence-electron chi connectivity index (χ0n) is 7.00. The van der Waals surface area contributed by atoms with Crippen LogP contribution in [0.3, 0.4) is 0 Å². The van der Waals surface area contributed by atoms with E-state index in [-0.39, 0.29) is 0 Å². The Morgan fingerprint density at radius 3 is 2.75 bits per heavy atom. The van der Waals surface area contributed by atoms with E-state index in [1.54, 1.807) is 6.20 Å². The van der Waals surface area contributed by atoms with E-state index in [0.29, 0.717) is 5.15 Å². The highest BCUT2D eigenvalue weighted by atomic mass is 35.5. The quantitative estimate of drug-likeness (QED) is 0.638. The van der Waals surface area contributed by atoms with Gasteiger partial charge in [0.05, 0.1) is 5.39 Å². The standard InChI is InChI=1S/C6H4ClN3.C2H6/c7-5-4-1-2-8-6(4)10-3-9-5;1-2/h1-3H,(H,8,9,10);1-2H3. The van der Waals surface area contributed by atoms with Gasteiger partial charge in [0.25, 0.3) is 0 Å². The Morgan fingerprint density at radius 2 is 2.08 bits per heavy atom. The third kappa shape index (κ3) is 1.56. The smallest absolute Gasteiger partial charge is 0.142 e. The number of hydrogen-bond donors (Lipinski definition) is 1. The van der Waals surface area contributed by atoms with Crippen LogP contribution in [0.15, 0.2) is 18.6 Å². The van der Waals surface area contributed by atoms with E-state index >= 15 is 0 Å². The molecule has 4 heteroatoms. The van der Waals surface area contributed by atoms with Gasteiger partial charge in [-0.05, 0) is 6.07 Å². The molecule has 0 saturated heterocycles. The summed E-state index contributed by atoms with van der Waals surface area (Å²) in [5.74, 6) is 0. The van der Waals surface area contributed by atoms with Gasteiger partial charge < -0.3 is 4.98 Å². The third-order valence-corrected chi connectivity index (χ3v) is 1.61. The Morgan fingerprint density at radius 1 is 1.33 bits per heavy atom. The van der Waals surface area contributed by atoms with Crippen LogP contribution in [0.2, 0.25) is 5.15 Å². The Hall–Kier alpha value is -1.09. The van der Waals surface area contributed by atoms with Crippen molar-refractivity contribution in [3.8, 4) is 0 Å². The molecule has 64 valence electrons. The van der Waals surface area contributed by atoms with Crippen LogP contribution >= 0.6 is 11.6 Å². The maximum atomic E-state index is 5.73. The van der Waals surface area contributed by atoms with Crippen molar-refractivity contribution in [2.75, 3.05) is 0 Å². The summed E-state index contributed by atoms with van der Waals surface area (Å²) < 4.78 is 0. The van der Waals surface area contributed by atoms with Gasteiger partial charge in [-0.15, -0.1) is 0 Å². The van der Waals surface area contributed by atoms with E-state index in [1.807, 2.05) is 19.9 Å². The van der Waals surface area contributed by atoms with Crippen LogP contribution in [0.1, 0.15) is 13.8 Å². The van der Waals surface area contributed by atoms with E-state index < -0.39 is 0 Å². The minimum absolute atomic E-state index is 0.492. The molecule has 0 saturated carbocycles. The Kier molecular flexibility index (Phi) is 3.05. The summed E-state index contributed by atoms with van der Waals surface area (Å²) in [5, 5.41) is 1.36. The maximum absolute atomic E-state index is 5.73. The SMILES string of the molecule is CC.Clc1ncnc2[nH]ccc12. The lowest BCUT2D eigenvalue weighted by molar-refractivity contribution is 1.20. The molecule has 2 aromatic heterocycles. The van der Waals surface area contributed by atoms with Crippen molar-refractivity contribution >= 4 is 22.6 Å². The van der Waals surface area contributed by atoms with Crippen LogP contribution in [-0.2, 0) is 0 Å². The second kappa shape index (κ2) is 4.07. The Bertz CT molecular complexity index is 356. The summed E-state index contributed by atoms with van der Waals surface area (Å²) in [4.78, 5) is 10.7. The molecule has 0 atom stereocenters. The van der Waals surface area contributed by atoms with Gasteiger partial charge in [0, 0.05) is 6.20 Å². The monoisotopic (exact) mass is 183 g/mol. The van der Waals surface area contributed by atoms with Gasteiger partial charge in [0.2, 0.25) is 0 Å². The molecular weight excluding hydrogens is 174 g/mol. The summed E-state index contributed by atoms with van der Waals surface area (Å²) in [6.45, 7) is 4.00. The first kappa shape index (κ1) is 9.00.